The summed E-state index contributed by atoms with van der Waals surface area (Å²) in [4.78, 5) is 4.92. The molecule has 1 aromatic heterocycles. The van der Waals surface area contributed by atoms with Crippen LogP contribution in [0.2, 0.25) is 0 Å². The number of nitrogens with two attached hydrogens (primary N) is 1. The first kappa shape index (κ1) is 14.4. The lowest BCUT2D eigenvalue weighted by atomic mass is 9.74. The monoisotopic (exact) mass is 287 g/mol. The van der Waals surface area contributed by atoms with Crippen LogP contribution in [0.25, 0.3) is 11.0 Å². The van der Waals surface area contributed by atoms with E-state index in [-0.39, 0.29) is 11.0 Å². The van der Waals surface area contributed by atoms with Crippen molar-refractivity contribution in [3.63, 3.8) is 0 Å². The van der Waals surface area contributed by atoms with Crippen molar-refractivity contribution in [1.82, 2.24) is 9.55 Å². The van der Waals surface area contributed by atoms with Crippen molar-refractivity contribution in [2.45, 2.75) is 57.5 Å². The predicted octanol–water partition coefficient (Wildman–Crippen LogP) is 3.39. The van der Waals surface area contributed by atoms with E-state index in [1.807, 2.05) is 12.1 Å². The Hall–Kier alpha value is -1.55. The number of imidazole rings is 1. The molecule has 0 atom stereocenters. The average molecular weight is 287 g/mol. The SMILES string of the molecule is COc1ccc2c(c1)nc(C(C)(C)C(C)(C)N)n2C1CC1. The number of ether oxygens (including phenoxy) is 1. The van der Waals surface area contributed by atoms with Gasteiger partial charge in [0.2, 0.25) is 0 Å². The first-order valence-corrected chi connectivity index (χ1v) is 7.61. The third kappa shape index (κ3) is 2.22. The Morgan fingerprint density at radius 2 is 1.90 bits per heavy atom. The topological polar surface area (TPSA) is 53.1 Å². The quantitative estimate of drug-likeness (QED) is 0.937. The molecule has 2 aromatic rings. The van der Waals surface area contributed by atoms with Gasteiger partial charge in [0.05, 0.1) is 18.1 Å². The van der Waals surface area contributed by atoms with Crippen molar-refractivity contribution in [2.24, 2.45) is 5.73 Å². The van der Waals surface area contributed by atoms with Crippen molar-refractivity contribution >= 4 is 11.0 Å². The van der Waals surface area contributed by atoms with Gasteiger partial charge in [-0.2, -0.15) is 0 Å². The number of nitrogens with zero attached hydrogens (tertiary/aromatic N) is 2. The highest BCUT2D eigenvalue weighted by Gasteiger charge is 2.42. The van der Waals surface area contributed by atoms with Gasteiger partial charge < -0.3 is 15.0 Å². The number of hydrogen-bond donors (Lipinski definition) is 1. The van der Waals surface area contributed by atoms with Gasteiger partial charge >= 0.3 is 0 Å². The van der Waals surface area contributed by atoms with Gasteiger partial charge in [0.15, 0.2) is 0 Å². The van der Waals surface area contributed by atoms with Crippen LogP contribution >= 0.6 is 0 Å². The second kappa shape index (κ2) is 4.47. The second-order valence-electron chi connectivity index (χ2n) is 7.24. The minimum absolute atomic E-state index is 0.207. The van der Waals surface area contributed by atoms with E-state index >= 15 is 0 Å². The van der Waals surface area contributed by atoms with Gasteiger partial charge in [-0.1, -0.05) is 13.8 Å². The normalized spacial score (nSPS) is 16.5. The average Bonchev–Trinajstić information content (AvgIpc) is 3.16. The minimum atomic E-state index is -0.342. The van der Waals surface area contributed by atoms with Gasteiger partial charge in [-0.05, 0) is 38.8 Å². The lowest BCUT2D eigenvalue weighted by molar-refractivity contribution is 0.283. The Labute approximate surface area is 126 Å². The molecule has 1 heterocycles. The van der Waals surface area contributed by atoms with E-state index in [4.69, 9.17) is 15.5 Å². The maximum atomic E-state index is 6.43. The van der Waals surface area contributed by atoms with Crippen molar-refractivity contribution in [1.29, 1.82) is 0 Å². The summed E-state index contributed by atoms with van der Waals surface area (Å²) in [7, 11) is 1.69. The van der Waals surface area contributed by atoms with Gasteiger partial charge in [-0.15, -0.1) is 0 Å². The summed E-state index contributed by atoms with van der Waals surface area (Å²) in [5.41, 5.74) is 8.07. The smallest absolute Gasteiger partial charge is 0.121 e. The standard InChI is InChI=1S/C17H25N3O/c1-16(2,17(3,4)18)15-19-13-10-12(21-5)8-9-14(13)20(15)11-6-7-11/h8-11H,6-7,18H2,1-5H3. The van der Waals surface area contributed by atoms with Gasteiger partial charge in [-0.25, -0.2) is 4.98 Å². The Bertz CT molecular complexity index is 675. The fourth-order valence-corrected chi connectivity index (χ4v) is 2.64. The maximum absolute atomic E-state index is 6.43. The molecule has 0 radical (unpaired) electrons. The fourth-order valence-electron chi connectivity index (χ4n) is 2.64. The molecule has 4 heteroatoms. The number of fused-ring (bicyclic) bond motifs is 1. The molecule has 0 unspecified atom stereocenters. The van der Waals surface area contributed by atoms with Crippen LogP contribution in [0.1, 0.15) is 52.4 Å². The Kier molecular flexibility index (Phi) is 3.06. The maximum Gasteiger partial charge on any atom is 0.121 e. The molecule has 0 saturated heterocycles. The zero-order chi connectivity index (χ0) is 15.4. The van der Waals surface area contributed by atoms with Crippen molar-refractivity contribution in [2.75, 3.05) is 7.11 Å². The van der Waals surface area contributed by atoms with Crippen LogP contribution in [0.5, 0.6) is 5.75 Å². The Morgan fingerprint density at radius 1 is 1.24 bits per heavy atom. The number of aromatic nitrogens is 2. The Balaban J connectivity index is 2.24. The van der Waals surface area contributed by atoms with Crippen LogP contribution in [0.15, 0.2) is 18.2 Å². The molecule has 0 amide bonds. The van der Waals surface area contributed by atoms with Crippen LogP contribution in [-0.4, -0.2) is 22.2 Å². The molecule has 21 heavy (non-hydrogen) atoms. The van der Waals surface area contributed by atoms with Crippen LogP contribution in [0.3, 0.4) is 0 Å². The van der Waals surface area contributed by atoms with E-state index in [0.717, 1.165) is 17.1 Å². The molecule has 0 spiro atoms. The number of methoxy groups -OCH3 is 1. The summed E-state index contributed by atoms with van der Waals surface area (Å²) < 4.78 is 7.72. The highest BCUT2D eigenvalue weighted by Crippen LogP contribution is 2.43. The highest BCUT2D eigenvalue weighted by molar-refractivity contribution is 5.78. The summed E-state index contributed by atoms with van der Waals surface area (Å²) in [6.07, 6.45) is 2.46. The number of hydrogen-bond acceptors (Lipinski definition) is 3. The molecule has 0 bridgehead atoms. The molecule has 114 valence electrons. The van der Waals surface area contributed by atoms with Crippen molar-refractivity contribution in [3.8, 4) is 5.75 Å². The molecule has 1 aliphatic carbocycles. The fraction of sp³-hybridized carbons (Fsp3) is 0.588. The van der Waals surface area contributed by atoms with Crippen LogP contribution in [0.4, 0.5) is 0 Å². The van der Waals surface area contributed by atoms with Gasteiger partial charge in [0.25, 0.3) is 0 Å². The van der Waals surface area contributed by atoms with Crippen LogP contribution in [0, 0.1) is 0 Å². The summed E-state index contributed by atoms with van der Waals surface area (Å²) in [6.45, 7) is 8.52. The lowest BCUT2D eigenvalue weighted by Gasteiger charge is -2.38. The lowest BCUT2D eigenvalue weighted by Crippen LogP contribution is -2.51. The molecule has 0 aliphatic heterocycles. The molecular weight excluding hydrogens is 262 g/mol. The molecule has 1 aromatic carbocycles. The van der Waals surface area contributed by atoms with Crippen LogP contribution < -0.4 is 10.5 Å². The van der Waals surface area contributed by atoms with Gasteiger partial charge in [-0.3, -0.25) is 0 Å². The number of benzene rings is 1. The Morgan fingerprint density at radius 3 is 2.43 bits per heavy atom. The minimum Gasteiger partial charge on any atom is -0.497 e. The summed E-state index contributed by atoms with van der Waals surface area (Å²) in [6, 6.07) is 6.70. The van der Waals surface area contributed by atoms with Crippen LogP contribution in [-0.2, 0) is 5.41 Å². The van der Waals surface area contributed by atoms with Crippen molar-refractivity contribution in [3.05, 3.63) is 24.0 Å². The summed E-state index contributed by atoms with van der Waals surface area (Å²) in [5.74, 6) is 1.93. The molecule has 3 rings (SSSR count). The third-order valence-electron chi connectivity index (χ3n) is 4.98. The molecule has 1 saturated carbocycles. The highest BCUT2D eigenvalue weighted by atomic mass is 16.5. The number of rotatable bonds is 4. The zero-order valence-corrected chi connectivity index (χ0v) is 13.6. The van der Waals surface area contributed by atoms with E-state index in [1.54, 1.807) is 7.11 Å². The van der Waals surface area contributed by atoms with Crippen molar-refractivity contribution < 1.29 is 4.74 Å². The first-order chi connectivity index (χ1) is 9.75. The van der Waals surface area contributed by atoms with E-state index in [9.17, 15) is 0 Å². The third-order valence-corrected chi connectivity index (χ3v) is 4.98. The molecule has 1 fully saturated rings. The largest absolute Gasteiger partial charge is 0.497 e. The predicted molar refractivity (Wildman–Crippen MR) is 85.8 cm³/mol. The molecule has 1 aliphatic rings. The molecule has 4 nitrogen and oxygen atoms in total. The molecular formula is C17H25N3O. The second-order valence-corrected chi connectivity index (χ2v) is 7.24. The van der Waals surface area contributed by atoms with E-state index in [1.165, 1.54) is 18.4 Å². The summed E-state index contributed by atoms with van der Waals surface area (Å²) in [5, 5.41) is 0. The van der Waals surface area contributed by atoms with E-state index in [0.29, 0.717) is 6.04 Å². The molecule has 2 N–H and O–H groups in total. The van der Waals surface area contributed by atoms with E-state index in [2.05, 4.69) is 38.3 Å². The first-order valence-electron chi connectivity index (χ1n) is 7.61. The summed E-state index contributed by atoms with van der Waals surface area (Å²) >= 11 is 0. The van der Waals surface area contributed by atoms with Gasteiger partial charge in [0.1, 0.15) is 11.6 Å². The van der Waals surface area contributed by atoms with Gasteiger partial charge in [0, 0.05) is 23.1 Å². The van der Waals surface area contributed by atoms with E-state index < -0.39 is 0 Å². The zero-order valence-electron chi connectivity index (χ0n) is 13.6.